The Morgan fingerprint density at radius 2 is 1.75 bits per heavy atom. The summed E-state index contributed by atoms with van der Waals surface area (Å²) >= 11 is 0. The highest BCUT2D eigenvalue weighted by atomic mass is 16.2. The van der Waals surface area contributed by atoms with Crippen LogP contribution in [0.3, 0.4) is 0 Å². The van der Waals surface area contributed by atoms with Gasteiger partial charge in [0.05, 0.1) is 0 Å². The molecule has 0 unspecified atom stereocenters. The van der Waals surface area contributed by atoms with Gasteiger partial charge in [0, 0.05) is 36.4 Å². The Labute approximate surface area is 116 Å². The van der Waals surface area contributed by atoms with Crippen molar-refractivity contribution in [1.82, 2.24) is 4.90 Å². The number of carbonyl (C=O) groups excluding carboxylic acids is 3. The lowest BCUT2D eigenvalue weighted by atomic mass is 10.2. The summed E-state index contributed by atoms with van der Waals surface area (Å²) in [7, 11) is 0. The molecule has 20 heavy (non-hydrogen) atoms. The molecule has 0 fully saturated rings. The molecule has 5 nitrogen and oxygen atoms in total. The van der Waals surface area contributed by atoms with Crippen LogP contribution in [0.5, 0.6) is 0 Å². The lowest BCUT2D eigenvalue weighted by Gasteiger charge is -2.13. The van der Waals surface area contributed by atoms with Gasteiger partial charge in [-0.15, -0.1) is 6.42 Å². The molecular formula is C15H12N2O3. The first-order valence-electron chi connectivity index (χ1n) is 6.00. The van der Waals surface area contributed by atoms with Gasteiger partial charge in [0.15, 0.2) is 0 Å². The van der Waals surface area contributed by atoms with E-state index in [1.165, 1.54) is 12.2 Å². The highest BCUT2D eigenvalue weighted by Gasteiger charge is 2.23. The summed E-state index contributed by atoms with van der Waals surface area (Å²) in [6.45, 7) is 0.0684. The number of hydrogen-bond donors (Lipinski definition) is 1. The number of nitrogens with zero attached hydrogens (tertiary/aromatic N) is 1. The Balaban J connectivity index is 1.85. The number of hydrogen-bond acceptors (Lipinski definition) is 3. The van der Waals surface area contributed by atoms with E-state index in [4.69, 9.17) is 6.42 Å². The first kappa shape index (κ1) is 13.6. The van der Waals surface area contributed by atoms with Crippen LogP contribution in [0.2, 0.25) is 0 Å². The molecule has 1 aromatic carbocycles. The van der Waals surface area contributed by atoms with Crippen LogP contribution >= 0.6 is 0 Å². The molecule has 0 saturated heterocycles. The van der Waals surface area contributed by atoms with Gasteiger partial charge in [0.1, 0.15) is 0 Å². The van der Waals surface area contributed by atoms with Gasteiger partial charge in [-0.1, -0.05) is 5.92 Å². The van der Waals surface area contributed by atoms with Gasteiger partial charge in [-0.05, 0) is 24.3 Å². The van der Waals surface area contributed by atoms with E-state index in [0.717, 1.165) is 10.5 Å². The van der Waals surface area contributed by atoms with E-state index in [0.29, 0.717) is 5.69 Å². The molecule has 1 aliphatic heterocycles. The summed E-state index contributed by atoms with van der Waals surface area (Å²) in [6, 6.07) is 6.82. The van der Waals surface area contributed by atoms with Crippen LogP contribution in [0.15, 0.2) is 36.4 Å². The first-order chi connectivity index (χ1) is 9.60. The van der Waals surface area contributed by atoms with Crippen molar-refractivity contribution in [3.8, 4) is 12.3 Å². The highest BCUT2D eigenvalue weighted by molar-refractivity contribution is 6.13. The first-order valence-corrected chi connectivity index (χ1v) is 6.00. The Kier molecular flexibility index (Phi) is 3.96. The molecule has 0 spiro atoms. The summed E-state index contributed by atoms with van der Waals surface area (Å²) in [5, 5.41) is 2.67. The largest absolute Gasteiger partial charge is 0.326 e. The molecule has 0 saturated carbocycles. The molecule has 1 N–H and O–H groups in total. The van der Waals surface area contributed by atoms with Crippen molar-refractivity contribution in [3.05, 3.63) is 42.0 Å². The van der Waals surface area contributed by atoms with Gasteiger partial charge in [-0.25, -0.2) is 0 Å². The molecule has 1 heterocycles. The average molecular weight is 268 g/mol. The molecule has 1 aliphatic rings. The molecular weight excluding hydrogens is 256 g/mol. The second-order valence-electron chi connectivity index (χ2n) is 4.18. The zero-order valence-electron chi connectivity index (χ0n) is 10.6. The molecule has 0 atom stereocenters. The van der Waals surface area contributed by atoms with Crippen LogP contribution in [-0.2, 0) is 14.4 Å². The predicted octanol–water partition coefficient (Wildman–Crippen LogP) is 0.921. The Hall–Kier alpha value is -2.87. The summed E-state index contributed by atoms with van der Waals surface area (Å²) in [5.41, 5.74) is 1.34. The van der Waals surface area contributed by atoms with E-state index in [9.17, 15) is 14.4 Å². The topological polar surface area (TPSA) is 66.5 Å². The molecule has 5 heteroatoms. The third-order valence-corrected chi connectivity index (χ3v) is 2.80. The van der Waals surface area contributed by atoms with E-state index in [2.05, 4.69) is 11.2 Å². The fourth-order valence-electron chi connectivity index (χ4n) is 1.74. The van der Waals surface area contributed by atoms with E-state index >= 15 is 0 Å². The molecule has 0 aromatic heterocycles. The van der Waals surface area contributed by atoms with Crippen LogP contribution in [-0.4, -0.2) is 29.2 Å². The van der Waals surface area contributed by atoms with Gasteiger partial charge in [-0.2, -0.15) is 0 Å². The monoisotopic (exact) mass is 268 g/mol. The summed E-state index contributed by atoms with van der Waals surface area (Å²) in [6.07, 6.45) is 7.67. The van der Waals surface area contributed by atoms with Gasteiger partial charge < -0.3 is 5.32 Å². The minimum atomic E-state index is -0.388. The van der Waals surface area contributed by atoms with E-state index < -0.39 is 0 Å². The van der Waals surface area contributed by atoms with Crippen LogP contribution in [0.4, 0.5) is 5.69 Å². The summed E-state index contributed by atoms with van der Waals surface area (Å²) in [4.78, 5) is 35.3. The van der Waals surface area contributed by atoms with E-state index in [1.54, 1.807) is 24.3 Å². The van der Waals surface area contributed by atoms with Gasteiger partial charge >= 0.3 is 0 Å². The molecule has 1 aromatic rings. The molecule has 100 valence electrons. The van der Waals surface area contributed by atoms with Gasteiger partial charge in [0.2, 0.25) is 5.91 Å². The minimum absolute atomic E-state index is 0.0516. The molecule has 2 rings (SSSR count). The number of anilines is 1. The zero-order chi connectivity index (χ0) is 14.5. The number of carbonyl (C=O) groups is 3. The van der Waals surface area contributed by atoms with E-state index in [-0.39, 0.29) is 30.7 Å². The third-order valence-electron chi connectivity index (χ3n) is 2.80. The van der Waals surface area contributed by atoms with Crippen LogP contribution in [0, 0.1) is 12.3 Å². The quantitative estimate of drug-likeness (QED) is 0.652. The average Bonchev–Trinajstić information content (AvgIpc) is 2.77. The lowest BCUT2D eigenvalue weighted by Crippen LogP contribution is -2.33. The number of terminal acetylenes is 1. The normalized spacial score (nSPS) is 13.4. The molecule has 0 bridgehead atoms. The van der Waals surface area contributed by atoms with Crippen molar-refractivity contribution in [2.24, 2.45) is 0 Å². The Morgan fingerprint density at radius 3 is 2.30 bits per heavy atom. The van der Waals surface area contributed by atoms with Crippen molar-refractivity contribution < 1.29 is 14.4 Å². The Morgan fingerprint density at radius 1 is 1.15 bits per heavy atom. The van der Waals surface area contributed by atoms with Crippen LogP contribution in [0.25, 0.3) is 0 Å². The molecule has 0 radical (unpaired) electrons. The highest BCUT2D eigenvalue weighted by Crippen LogP contribution is 2.10. The number of rotatable bonds is 4. The standard InChI is InChI=1S/C15H12N2O3/c1-2-11-3-5-12(6-4-11)16-13(18)9-10-17-14(19)7-8-15(17)20/h1,3-8H,9-10H2,(H,16,18). The summed E-state index contributed by atoms with van der Waals surface area (Å²) < 4.78 is 0. The zero-order valence-corrected chi connectivity index (χ0v) is 10.6. The van der Waals surface area contributed by atoms with Crippen LogP contribution < -0.4 is 5.32 Å². The van der Waals surface area contributed by atoms with Crippen molar-refractivity contribution >= 4 is 23.4 Å². The van der Waals surface area contributed by atoms with Crippen molar-refractivity contribution in [2.75, 3.05) is 11.9 Å². The van der Waals surface area contributed by atoms with E-state index in [1.807, 2.05) is 0 Å². The van der Waals surface area contributed by atoms with Crippen LogP contribution in [0.1, 0.15) is 12.0 Å². The second kappa shape index (κ2) is 5.85. The lowest BCUT2D eigenvalue weighted by molar-refractivity contribution is -0.136. The van der Waals surface area contributed by atoms with Gasteiger partial charge in [-0.3, -0.25) is 19.3 Å². The minimum Gasteiger partial charge on any atom is -0.326 e. The third kappa shape index (κ3) is 3.12. The number of imide groups is 1. The number of amides is 3. The smallest absolute Gasteiger partial charge is 0.253 e. The van der Waals surface area contributed by atoms with Crippen molar-refractivity contribution in [1.29, 1.82) is 0 Å². The molecule has 3 amide bonds. The SMILES string of the molecule is C#Cc1ccc(NC(=O)CCN2C(=O)C=CC2=O)cc1. The maximum atomic E-state index is 11.7. The fraction of sp³-hybridized carbons (Fsp3) is 0.133. The Bertz CT molecular complexity index is 606. The van der Waals surface area contributed by atoms with Crippen molar-refractivity contribution in [3.63, 3.8) is 0 Å². The molecule has 0 aliphatic carbocycles. The maximum absolute atomic E-state index is 11.7. The number of benzene rings is 1. The maximum Gasteiger partial charge on any atom is 0.253 e. The van der Waals surface area contributed by atoms with Gasteiger partial charge in [0.25, 0.3) is 11.8 Å². The number of nitrogens with one attached hydrogen (secondary N) is 1. The van der Waals surface area contributed by atoms with Crippen molar-refractivity contribution in [2.45, 2.75) is 6.42 Å². The summed E-state index contributed by atoms with van der Waals surface area (Å²) in [5.74, 6) is 1.43. The predicted molar refractivity (Wildman–Crippen MR) is 73.5 cm³/mol. The fourth-order valence-corrected chi connectivity index (χ4v) is 1.74. The second-order valence-corrected chi connectivity index (χ2v) is 4.18.